The molecule has 3 rings (SSSR count). The van der Waals surface area contributed by atoms with E-state index >= 15 is 0 Å². The standard InChI is InChI=1S/C14H15NO4/c1-8-9(2-3-14(16)17)10-6-12-13(7-11(10)15-8)19-5-4-18-12/h6-7,15H,2-5H2,1H3,(H,16,17). The van der Waals surface area contributed by atoms with Crippen LogP contribution in [0.1, 0.15) is 17.7 Å². The maximum atomic E-state index is 10.7. The summed E-state index contributed by atoms with van der Waals surface area (Å²) in [5, 5.41) is 9.83. The first-order chi connectivity index (χ1) is 9.15. The van der Waals surface area contributed by atoms with Gasteiger partial charge in [-0.2, -0.15) is 0 Å². The summed E-state index contributed by atoms with van der Waals surface area (Å²) in [7, 11) is 0. The van der Waals surface area contributed by atoms with Crippen LogP contribution < -0.4 is 9.47 Å². The molecule has 2 N–H and O–H groups in total. The molecule has 5 nitrogen and oxygen atoms in total. The maximum absolute atomic E-state index is 10.7. The number of aromatic amines is 1. The highest BCUT2D eigenvalue weighted by molar-refractivity contribution is 5.88. The van der Waals surface area contributed by atoms with E-state index in [9.17, 15) is 4.79 Å². The first kappa shape index (κ1) is 11.9. The largest absolute Gasteiger partial charge is 0.486 e. The van der Waals surface area contributed by atoms with Crippen molar-refractivity contribution in [3.63, 3.8) is 0 Å². The number of benzene rings is 1. The van der Waals surface area contributed by atoms with Gasteiger partial charge in [-0.15, -0.1) is 0 Å². The Morgan fingerprint density at radius 3 is 2.68 bits per heavy atom. The molecule has 0 spiro atoms. The quantitative estimate of drug-likeness (QED) is 0.889. The maximum Gasteiger partial charge on any atom is 0.303 e. The van der Waals surface area contributed by atoms with Gasteiger partial charge in [0, 0.05) is 29.1 Å². The fraction of sp³-hybridized carbons (Fsp3) is 0.357. The smallest absolute Gasteiger partial charge is 0.303 e. The van der Waals surface area contributed by atoms with E-state index in [2.05, 4.69) is 4.98 Å². The average Bonchev–Trinajstić information content (AvgIpc) is 2.68. The second-order valence-corrected chi connectivity index (χ2v) is 4.66. The van der Waals surface area contributed by atoms with Crippen molar-refractivity contribution in [3.05, 3.63) is 23.4 Å². The second kappa shape index (κ2) is 4.50. The number of nitrogens with one attached hydrogen (secondary N) is 1. The number of aryl methyl sites for hydroxylation is 2. The van der Waals surface area contributed by atoms with Crippen molar-refractivity contribution in [2.45, 2.75) is 19.8 Å². The molecule has 0 saturated carbocycles. The number of ether oxygens (including phenoxy) is 2. The van der Waals surface area contributed by atoms with Crippen LogP contribution in [0.5, 0.6) is 11.5 Å². The molecule has 0 aliphatic carbocycles. The van der Waals surface area contributed by atoms with E-state index in [0.717, 1.165) is 33.7 Å². The van der Waals surface area contributed by atoms with Gasteiger partial charge in [0.1, 0.15) is 13.2 Å². The van der Waals surface area contributed by atoms with Crippen molar-refractivity contribution in [2.24, 2.45) is 0 Å². The third-order valence-electron chi connectivity index (χ3n) is 3.37. The molecule has 0 radical (unpaired) electrons. The molecular weight excluding hydrogens is 246 g/mol. The predicted octanol–water partition coefficient (Wildman–Crippen LogP) is 2.26. The molecule has 0 amide bonds. The Morgan fingerprint density at radius 1 is 1.32 bits per heavy atom. The lowest BCUT2D eigenvalue weighted by Crippen LogP contribution is -2.15. The van der Waals surface area contributed by atoms with Crippen molar-refractivity contribution < 1.29 is 19.4 Å². The number of aliphatic carboxylic acids is 1. The fourth-order valence-electron chi connectivity index (χ4n) is 2.48. The minimum Gasteiger partial charge on any atom is -0.486 e. The molecular formula is C14H15NO4. The van der Waals surface area contributed by atoms with Gasteiger partial charge in [0.2, 0.25) is 0 Å². The van der Waals surface area contributed by atoms with Gasteiger partial charge >= 0.3 is 5.97 Å². The second-order valence-electron chi connectivity index (χ2n) is 4.66. The van der Waals surface area contributed by atoms with Crippen LogP contribution in [0, 0.1) is 6.92 Å². The fourth-order valence-corrected chi connectivity index (χ4v) is 2.48. The van der Waals surface area contributed by atoms with Crippen molar-refractivity contribution in [1.29, 1.82) is 0 Å². The highest BCUT2D eigenvalue weighted by Gasteiger charge is 2.17. The molecule has 5 heteroatoms. The molecule has 2 heterocycles. The van der Waals surface area contributed by atoms with Crippen LogP contribution in [-0.4, -0.2) is 29.3 Å². The summed E-state index contributed by atoms with van der Waals surface area (Å²) in [4.78, 5) is 14.0. The summed E-state index contributed by atoms with van der Waals surface area (Å²) in [6.07, 6.45) is 0.642. The summed E-state index contributed by atoms with van der Waals surface area (Å²) < 4.78 is 11.1. The number of carbonyl (C=O) groups is 1. The van der Waals surface area contributed by atoms with E-state index in [-0.39, 0.29) is 6.42 Å². The minimum absolute atomic E-state index is 0.127. The molecule has 0 bridgehead atoms. The molecule has 0 fully saturated rings. The van der Waals surface area contributed by atoms with E-state index in [1.807, 2.05) is 19.1 Å². The SMILES string of the molecule is Cc1[nH]c2cc3c(cc2c1CCC(=O)O)OCCO3. The normalized spacial score (nSPS) is 13.7. The summed E-state index contributed by atoms with van der Waals surface area (Å²) >= 11 is 0. The molecule has 0 unspecified atom stereocenters. The predicted molar refractivity (Wildman–Crippen MR) is 70.0 cm³/mol. The summed E-state index contributed by atoms with van der Waals surface area (Å²) in [6, 6.07) is 3.85. The zero-order valence-corrected chi connectivity index (χ0v) is 10.7. The van der Waals surface area contributed by atoms with Crippen molar-refractivity contribution in [1.82, 2.24) is 4.98 Å². The Balaban J connectivity index is 2.06. The highest BCUT2D eigenvalue weighted by atomic mass is 16.6. The van der Waals surface area contributed by atoms with Crippen LogP contribution in [0.15, 0.2) is 12.1 Å². The van der Waals surface area contributed by atoms with Gasteiger partial charge in [-0.25, -0.2) is 0 Å². The Morgan fingerprint density at radius 2 is 2.00 bits per heavy atom. The van der Waals surface area contributed by atoms with Gasteiger partial charge in [0.25, 0.3) is 0 Å². The first-order valence-electron chi connectivity index (χ1n) is 6.28. The van der Waals surface area contributed by atoms with Crippen LogP contribution in [0.4, 0.5) is 0 Å². The number of carboxylic acid groups (broad SMARTS) is 1. The number of fused-ring (bicyclic) bond motifs is 2. The average molecular weight is 261 g/mol. The molecule has 2 aromatic rings. The minimum atomic E-state index is -0.786. The van der Waals surface area contributed by atoms with Crippen LogP contribution in [0.2, 0.25) is 0 Å². The monoisotopic (exact) mass is 261 g/mol. The third kappa shape index (κ3) is 2.12. The van der Waals surface area contributed by atoms with Crippen LogP contribution in [0.25, 0.3) is 10.9 Å². The lowest BCUT2D eigenvalue weighted by atomic mass is 10.1. The van der Waals surface area contributed by atoms with Crippen LogP contribution in [-0.2, 0) is 11.2 Å². The summed E-state index contributed by atoms with van der Waals surface area (Å²) in [5.74, 6) is 0.686. The molecule has 0 saturated heterocycles. The number of carboxylic acids is 1. The van der Waals surface area contributed by atoms with E-state index < -0.39 is 5.97 Å². The van der Waals surface area contributed by atoms with Crippen molar-refractivity contribution in [3.8, 4) is 11.5 Å². The van der Waals surface area contributed by atoms with Gasteiger partial charge in [-0.1, -0.05) is 0 Å². The summed E-state index contributed by atoms with van der Waals surface area (Å²) in [5.41, 5.74) is 3.00. The number of hydrogen-bond donors (Lipinski definition) is 2. The molecule has 1 aromatic carbocycles. The van der Waals surface area contributed by atoms with Crippen LogP contribution >= 0.6 is 0 Å². The van der Waals surface area contributed by atoms with E-state index in [1.165, 1.54) is 0 Å². The van der Waals surface area contributed by atoms with E-state index in [0.29, 0.717) is 19.6 Å². The number of aromatic nitrogens is 1. The van der Waals surface area contributed by atoms with Crippen molar-refractivity contribution in [2.75, 3.05) is 13.2 Å². The van der Waals surface area contributed by atoms with Gasteiger partial charge in [-0.05, 0) is 25.0 Å². The van der Waals surface area contributed by atoms with E-state index in [4.69, 9.17) is 14.6 Å². The molecule has 1 aliphatic heterocycles. The molecule has 1 aromatic heterocycles. The number of hydrogen-bond acceptors (Lipinski definition) is 3. The van der Waals surface area contributed by atoms with Gasteiger partial charge in [-0.3, -0.25) is 4.79 Å². The van der Waals surface area contributed by atoms with Gasteiger partial charge in [0.15, 0.2) is 11.5 Å². The lowest BCUT2D eigenvalue weighted by Gasteiger charge is -2.18. The summed E-state index contributed by atoms with van der Waals surface area (Å²) in [6.45, 7) is 3.06. The topological polar surface area (TPSA) is 71.6 Å². The highest BCUT2D eigenvalue weighted by Crippen LogP contribution is 2.36. The Bertz CT molecular complexity index is 644. The molecule has 1 aliphatic rings. The first-order valence-corrected chi connectivity index (χ1v) is 6.28. The van der Waals surface area contributed by atoms with Gasteiger partial charge in [0.05, 0.1) is 0 Å². The third-order valence-corrected chi connectivity index (χ3v) is 3.37. The number of H-pyrrole nitrogens is 1. The van der Waals surface area contributed by atoms with Crippen molar-refractivity contribution >= 4 is 16.9 Å². The van der Waals surface area contributed by atoms with Crippen LogP contribution in [0.3, 0.4) is 0 Å². The molecule has 100 valence electrons. The Kier molecular flexibility index (Phi) is 2.81. The van der Waals surface area contributed by atoms with Gasteiger partial charge < -0.3 is 19.6 Å². The lowest BCUT2D eigenvalue weighted by molar-refractivity contribution is -0.136. The Hall–Kier alpha value is -2.17. The molecule has 19 heavy (non-hydrogen) atoms. The molecule has 0 atom stereocenters. The Labute approximate surface area is 110 Å². The van der Waals surface area contributed by atoms with E-state index in [1.54, 1.807) is 0 Å². The number of rotatable bonds is 3. The zero-order valence-electron chi connectivity index (χ0n) is 10.7. The zero-order chi connectivity index (χ0) is 13.4.